The van der Waals surface area contributed by atoms with E-state index in [9.17, 15) is 9.59 Å². The highest BCUT2D eigenvalue weighted by molar-refractivity contribution is 5.94. The van der Waals surface area contributed by atoms with Crippen LogP contribution in [0.4, 0.5) is 5.69 Å². The van der Waals surface area contributed by atoms with E-state index in [-0.39, 0.29) is 24.2 Å². The molecule has 0 bridgehead atoms. The van der Waals surface area contributed by atoms with Gasteiger partial charge in [-0.25, -0.2) is 0 Å². The summed E-state index contributed by atoms with van der Waals surface area (Å²) in [7, 11) is 0. The SMILES string of the molecule is C#CCC(N)C(=O)NCc1ccc(NC(=O)C2CC2)cc1. The zero-order valence-corrected chi connectivity index (χ0v) is 11.8. The summed E-state index contributed by atoms with van der Waals surface area (Å²) in [4.78, 5) is 23.2. The molecule has 2 amide bonds. The summed E-state index contributed by atoms with van der Waals surface area (Å²) in [6, 6.07) is 6.68. The first-order valence-electron chi connectivity index (χ1n) is 6.96. The van der Waals surface area contributed by atoms with Gasteiger partial charge >= 0.3 is 0 Å². The van der Waals surface area contributed by atoms with Crippen LogP contribution in [0, 0.1) is 18.3 Å². The van der Waals surface area contributed by atoms with Crippen molar-refractivity contribution in [2.75, 3.05) is 5.32 Å². The number of anilines is 1. The fraction of sp³-hybridized carbons (Fsp3) is 0.375. The highest BCUT2D eigenvalue weighted by Gasteiger charge is 2.29. The average Bonchev–Trinajstić information content (AvgIpc) is 3.31. The van der Waals surface area contributed by atoms with Gasteiger partial charge in [-0.05, 0) is 30.5 Å². The zero-order chi connectivity index (χ0) is 15.2. The van der Waals surface area contributed by atoms with Gasteiger partial charge in [0.05, 0.1) is 6.04 Å². The quantitative estimate of drug-likeness (QED) is 0.682. The maximum absolute atomic E-state index is 11.6. The van der Waals surface area contributed by atoms with Crippen molar-refractivity contribution in [2.45, 2.75) is 31.8 Å². The van der Waals surface area contributed by atoms with Crippen LogP contribution in [0.3, 0.4) is 0 Å². The van der Waals surface area contributed by atoms with Gasteiger partial charge in [0.1, 0.15) is 0 Å². The number of carbonyl (C=O) groups is 2. The van der Waals surface area contributed by atoms with Crippen molar-refractivity contribution in [2.24, 2.45) is 11.7 Å². The molecule has 5 heteroatoms. The second-order valence-electron chi connectivity index (χ2n) is 5.19. The van der Waals surface area contributed by atoms with Gasteiger partial charge in [0, 0.05) is 24.6 Å². The molecule has 1 saturated carbocycles. The van der Waals surface area contributed by atoms with E-state index < -0.39 is 6.04 Å². The van der Waals surface area contributed by atoms with Crippen LogP contribution in [0.1, 0.15) is 24.8 Å². The first-order valence-corrected chi connectivity index (χ1v) is 6.96. The van der Waals surface area contributed by atoms with Crippen molar-refractivity contribution in [3.8, 4) is 12.3 Å². The van der Waals surface area contributed by atoms with Crippen molar-refractivity contribution in [1.29, 1.82) is 0 Å². The van der Waals surface area contributed by atoms with E-state index in [1.54, 1.807) is 0 Å². The van der Waals surface area contributed by atoms with Crippen LogP contribution in [0.5, 0.6) is 0 Å². The van der Waals surface area contributed by atoms with Crippen LogP contribution in [0.2, 0.25) is 0 Å². The molecule has 0 radical (unpaired) electrons. The Morgan fingerprint density at radius 1 is 1.33 bits per heavy atom. The molecule has 4 N–H and O–H groups in total. The normalized spacial score (nSPS) is 14.9. The molecule has 1 unspecified atom stereocenters. The first kappa shape index (κ1) is 15.1. The molecule has 0 aromatic heterocycles. The molecule has 0 saturated heterocycles. The maximum Gasteiger partial charge on any atom is 0.238 e. The first-order chi connectivity index (χ1) is 10.1. The minimum Gasteiger partial charge on any atom is -0.351 e. The Bertz CT molecular complexity index is 556. The minimum atomic E-state index is -0.674. The van der Waals surface area contributed by atoms with Crippen molar-refractivity contribution in [3.05, 3.63) is 29.8 Å². The zero-order valence-electron chi connectivity index (χ0n) is 11.8. The molecule has 1 atom stereocenters. The highest BCUT2D eigenvalue weighted by Crippen LogP contribution is 2.30. The summed E-state index contributed by atoms with van der Waals surface area (Å²) < 4.78 is 0. The number of rotatable bonds is 6. The third kappa shape index (κ3) is 4.62. The minimum absolute atomic E-state index is 0.0799. The fourth-order valence-electron chi connectivity index (χ4n) is 1.84. The molecule has 1 aliphatic carbocycles. The summed E-state index contributed by atoms with van der Waals surface area (Å²) in [6.45, 7) is 0.383. The monoisotopic (exact) mass is 285 g/mol. The molecule has 1 aliphatic rings. The van der Waals surface area contributed by atoms with E-state index in [1.165, 1.54) is 0 Å². The average molecular weight is 285 g/mol. The van der Waals surface area contributed by atoms with Gasteiger partial charge in [-0.3, -0.25) is 9.59 Å². The lowest BCUT2D eigenvalue weighted by atomic mass is 10.2. The van der Waals surface area contributed by atoms with Crippen molar-refractivity contribution in [1.82, 2.24) is 5.32 Å². The number of nitrogens with two attached hydrogens (primary N) is 1. The summed E-state index contributed by atoms with van der Waals surface area (Å²) in [5, 5.41) is 5.59. The lowest BCUT2D eigenvalue weighted by Crippen LogP contribution is -2.39. The number of benzene rings is 1. The van der Waals surface area contributed by atoms with Crippen LogP contribution in [0.25, 0.3) is 0 Å². The fourth-order valence-corrected chi connectivity index (χ4v) is 1.84. The number of hydrogen-bond donors (Lipinski definition) is 3. The van der Waals surface area contributed by atoms with Gasteiger partial charge in [-0.1, -0.05) is 12.1 Å². The van der Waals surface area contributed by atoms with E-state index in [4.69, 9.17) is 12.2 Å². The number of terminal acetylenes is 1. The van der Waals surface area contributed by atoms with Gasteiger partial charge in [0.2, 0.25) is 11.8 Å². The third-order valence-corrected chi connectivity index (χ3v) is 3.31. The second-order valence-corrected chi connectivity index (χ2v) is 5.19. The molecule has 2 rings (SSSR count). The van der Waals surface area contributed by atoms with Crippen LogP contribution in [-0.2, 0) is 16.1 Å². The Morgan fingerprint density at radius 3 is 2.57 bits per heavy atom. The molecular formula is C16H19N3O2. The van der Waals surface area contributed by atoms with Gasteiger partial charge in [-0.15, -0.1) is 12.3 Å². The van der Waals surface area contributed by atoms with Gasteiger partial charge in [-0.2, -0.15) is 0 Å². The standard InChI is InChI=1S/C16H19N3O2/c1-2-3-14(17)16(21)18-10-11-4-8-13(9-5-11)19-15(20)12-6-7-12/h1,4-5,8-9,12,14H,3,6-7,10,17H2,(H,18,21)(H,19,20). The van der Waals surface area contributed by atoms with E-state index in [0.717, 1.165) is 24.1 Å². The molecule has 1 aromatic rings. The van der Waals surface area contributed by atoms with E-state index >= 15 is 0 Å². The lowest BCUT2D eigenvalue weighted by molar-refractivity contribution is -0.122. The van der Waals surface area contributed by atoms with E-state index in [1.807, 2.05) is 24.3 Å². The Labute approximate surface area is 124 Å². The Hall–Kier alpha value is -2.32. The largest absolute Gasteiger partial charge is 0.351 e. The molecule has 0 heterocycles. The van der Waals surface area contributed by atoms with Crippen LogP contribution >= 0.6 is 0 Å². The van der Waals surface area contributed by atoms with Gasteiger partial charge < -0.3 is 16.4 Å². The molecule has 0 aliphatic heterocycles. The van der Waals surface area contributed by atoms with E-state index in [2.05, 4.69) is 16.6 Å². The Morgan fingerprint density at radius 2 is 2.00 bits per heavy atom. The number of carbonyl (C=O) groups excluding carboxylic acids is 2. The van der Waals surface area contributed by atoms with Crippen LogP contribution < -0.4 is 16.4 Å². The van der Waals surface area contributed by atoms with Crippen molar-refractivity contribution >= 4 is 17.5 Å². The number of amides is 2. The number of hydrogen-bond acceptors (Lipinski definition) is 3. The summed E-state index contributed by atoms with van der Waals surface area (Å²) in [5.74, 6) is 2.36. The van der Waals surface area contributed by atoms with Crippen molar-refractivity contribution < 1.29 is 9.59 Å². The molecule has 21 heavy (non-hydrogen) atoms. The Balaban J connectivity index is 1.80. The molecular weight excluding hydrogens is 266 g/mol. The Kier molecular flexibility index (Phi) is 4.96. The van der Waals surface area contributed by atoms with Crippen molar-refractivity contribution in [3.63, 3.8) is 0 Å². The predicted octanol–water partition coefficient (Wildman–Crippen LogP) is 1.00. The van der Waals surface area contributed by atoms with E-state index in [0.29, 0.717) is 6.54 Å². The summed E-state index contributed by atoms with van der Waals surface area (Å²) >= 11 is 0. The summed E-state index contributed by atoms with van der Waals surface area (Å²) in [5.41, 5.74) is 7.30. The molecule has 0 spiro atoms. The van der Waals surface area contributed by atoms with Gasteiger partial charge in [0.15, 0.2) is 0 Å². The topological polar surface area (TPSA) is 84.2 Å². The second kappa shape index (κ2) is 6.91. The van der Waals surface area contributed by atoms with Crippen LogP contribution in [0.15, 0.2) is 24.3 Å². The maximum atomic E-state index is 11.6. The van der Waals surface area contributed by atoms with Crippen LogP contribution in [-0.4, -0.2) is 17.9 Å². The summed E-state index contributed by atoms with van der Waals surface area (Å²) in [6.07, 6.45) is 7.29. The molecule has 110 valence electrons. The highest BCUT2D eigenvalue weighted by atomic mass is 16.2. The number of nitrogens with one attached hydrogen (secondary N) is 2. The molecule has 1 fully saturated rings. The predicted molar refractivity (Wildman–Crippen MR) is 81.1 cm³/mol. The smallest absolute Gasteiger partial charge is 0.238 e. The van der Waals surface area contributed by atoms with Gasteiger partial charge in [0.25, 0.3) is 0 Å². The molecule has 1 aromatic carbocycles. The lowest BCUT2D eigenvalue weighted by Gasteiger charge is -2.10. The molecule has 5 nitrogen and oxygen atoms in total. The third-order valence-electron chi connectivity index (χ3n) is 3.31.